The highest BCUT2D eigenvalue weighted by atomic mass is 16.6. The van der Waals surface area contributed by atoms with Crippen molar-refractivity contribution in [2.24, 2.45) is 0 Å². The van der Waals surface area contributed by atoms with Crippen LogP contribution in [0.1, 0.15) is 29.3 Å². The fourth-order valence-corrected chi connectivity index (χ4v) is 3.89. The van der Waals surface area contributed by atoms with Crippen molar-refractivity contribution in [3.63, 3.8) is 0 Å². The standard InChI is InChI=1S/C22H23N3O4/c1-15(26)24-12-17(20-8-5-9-23-21(20)24)10-18-11-19(27)13-25(18)22(28)29-14-16-6-3-2-4-7-16/h2-9,12,18-19,27H,10-11,13-14H2,1H3. The Balaban J connectivity index is 1.52. The maximum Gasteiger partial charge on any atom is 0.410 e. The SMILES string of the molecule is CC(=O)n1cc(CC2CC(O)CN2C(=O)OCc2ccccc2)c2cccnc21. The summed E-state index contributed by atoms with van der Waals surface area (Å²) in [6, 6.07) is 13.0. The summed E-state index contributed by atoms with van der Waals surface area (Å²) < 4.78 is 6.99. The van der Waals surface area contributed by atoms with E-state index in [1.165, 1.54) is 11.5 Å². The lowest BCUT2D eigenvalue weighted by atomic mass is 10.0. The fraction of sp³-hybridized carbons (Fsp3) is 0.318. The zero-order chi connectivity index (χ0) is 20.4. The Kier molecular flexibility index (Phi) is 5.31. The van der Waals surface area contributed by atoms with E-state index in [0.717, 1.165) is 16.5 Å². The summed E-state index contributed by atoms with van der Waals surface area (Å²) in [7, 11) is 0. The van der Waals surface area contributed by atoms with E-state index >= 15 is 0 Å². The van der Waals surface area contributed by atoms with Crippen LogP contribution >= 0.6 is 0 Å². The average molecular weight is 393 g/mol. The molecule has 7 heteroatoms. The molecule has 0 aliphatic carbocycles. The monoisotopic (exact) mass is 393 g/mol. The molecule has 1 saturated heterocycles. The molecule has 2 aromatic heterocycles. The van der Waals surface area contributed by atoms with Crippen molar-refractivity contribution < 1.29 is 19.4 Å². The van der Waals surface area contributed by atoms with E-state index in [2.05, 4.69) is 4.98 Å². The third-order valence-corrected chi connectivity index (χ3v) is 5.27. The van der Waals surface area contributed by atoms with Gasteiger partial charge in [-0.15, -0.1) is 0 Å². The maximum atomic E-state index is 12.7. The fourth-order valence-electron chi connectivity index (χ4n) is 3.89. The van der Waals surface area contributed by atoms with Crippen LogP contribution in [-0.2, 0) is 17.8 Å². The summed E-state index contributed by atoms with van der Waals surface area (Å²) in [6.07, 6.45) is 3.37. The van der Waals surface area contributed by atoms with Gasteiger partial charge in [0.15, 0.2) is 0 Å². The van der Waals surface area contributed by atoms with E-state index in [4.69, 9.17) is 4.74 Å². The minimum atomic E-state index is -0.594. The smallest absolute Gasteiger partial charge is 0.410 e. The highest BCUT2D eigenvalue weighted by molar-refractivity contribution is 5.91. The van der Waals surface area contributed by atoms with Gasteiger partial charge in [0.05, 0.1) is 12.6 Å². The molecule has 4 rings (SSSR count). The molecule has 1 N–H and O–H groups in total. The molecule has 0 saturated carbocycles. The van der Waals surface area contributed by atoms with E-state index in [1.807, 2.05) is 42.5 Å². The van der Waals surface area contributed by atoms with Gasteiger partial charge in [0.25, 0.3) is 0 Å². The molecule has 1 aromatic carbocycles. The summed E-state index contributed by atoms with van der Waals surface area (Å²) in [5, 5.41) is 11.0. The molecule has 1 fully saturated rings. The third kappa shape index (κ3) is 4.00. The molecule has 3 aromatic rings. The minimum absolute atomic E-state index is 0.120. The molecular formula is C22H23N3O4. The van der Waals surface area contributed by atoms with Crippen molar-refractivity contribution >= 4 is 23.0 Å². The average Bonchev–Trinajstić information content (AvgIpc) is 3.28. The normalized spacial score (nSPS) is 18.9. The molecule has 0 spiro atoms. The Labute approximate surface area is 168 Å². The van der Waals surface area contributed by atoms with Gasteiger partial charge in [-0.05, 0) is 36.1 Å². The molecule has 0 bridgehead atoms. The van der Waals surface area contributed by atoms with Gasteiger partial charge in [0, 0.05) is 30.7 Å². The lowest BCUT2D eigenvalue weighted by Gasteiger charge is -2.23. The Bertz CT molecular complexity index is 1030. The predicted molar refractivity (Wildman–Crippen MR) is 107 cm³/mol. The maximum absolute atomic E-state index is 12.7. The van der Waals surface area contributed by atoms with Crippen LogP contribution < -0.4 is 0 Å². The number of hydrogen-bond donors (Lipinski definition) is 1. The summed E-state index contributed by atoms with van der Waals surface area (Å²) in [4.78, 5) is 30.5. The van der Waals surface area contributed by atoms with Gasteiger partial charge in [-0.25, -0.2) is 9.78 Å². The molecule has 3 heterocycles. The molecule has 0 radical (unpaired) electrons. The number of carbonyl (C=O) groups is 2. The second kappa shape index (κ2) is 8.05. The number of aliphatic hydroxyl groups excluding tert-OH is 1. The molecule has 2 atom stereocenters. The first-order valence-electron chi connectivity index (χ1n) is 9.64. The number of carbonyl (C=O) groups excluding carboxylic acids is 2. The van der Waals surface area contributed by atoms with Crippen molar-refractivity contribution in [1.82, 2.24) is 14.5 Å². The summed E-state index contributed by atoms with van der Waals surface area (Å²) in [5.74, 6) is -0.120. The number of benzene rings is 1. The number of likely N-dealkylation sites (tertiary alicyclic amines) is 1. The first-order valence-corrected chi connectivity index (χ1v) is 9.64. The third-order valence-electron chi connectivity index (χ3n) is 5.27. The molecule has 150 valence electrons. The number of amides is 1. The Hall–Kier alpha value is -3.19. The van der Waals surface area contributed by atoms with Crippen LogP contribution in [0.3, 0.4) is 0 Å². The van der Waals surface area contributed by atoms with Crippen LogP contribution in [-0.4, -0.2) is 50.2 Å². The number of nitrogens with zero attached hydrogens (tertiary/aromatic N) is 3. The second-order valence-electron chi connectivity index (χ2n) is 7.36. The Morgan fingerprint density at radius 3 is 2.76 bits per heavy atom. The predicted octanol–water partition coefficient (Wildman–Crippen LogP) is 3.01. The van der Waals surface area contributed by atoms with Crippen molar-refractivity contribution in [1.29, 1.82) is 0 Å². The Morgan fingerprint density at radius 2 is 2.00 bits per heavy atom. The Morgan fingerprint density at radius 1 is 1.21 bits per heavy atom. The zero-order valence-corrected chi connectivity index (χ0v) is 16.2. The first-order chi connectivity index (χ1) is 14.0. The van der Waals surface area contributed by atoms with Gasteiger partial charge in [-0.3, -0.25) is 9.36 Å². The summed E-state index contributed by atoms with van der Waals surface area (Å²) in [5.41, 5.74) is 2.43. The van der Waals surface area contributed by atoms with Gasteiger partial charge in [0.1, 0.15) is 12.3 Å². The number of ether oxygens (including phenoxy) is 1. The van der Waals surface area contributed by atoms with Crippen molar-refractivity contribution in [3.05, 3.63) is 66.0 Å². The molecule has 2 unspecified atom stereocenters. The molecule has 29 heavy (non-hydrogen) atoms. The van der Waals surface area contributed by atoms with Crippen LogP contribution in [0.4, 0.5) is 4.79 Å². The number of rotatable bonds is 4. The quantitative estimate of drug-likeness (QED) is 0.737. The van der Waals surface area contributed by atoms with Gasteiger partial charge in [-0.2, -0.15) is 0 Å². The molecular weight excluding hydrogens is 370 g/mol. The lowest BCUT2D eigenvalue weighted by Crippen LogP contribution is -2.37. The van der Waals surface area contributed by atoms with Crippen LogP contribution in [0, 0.1) is 0 Å². The number of aliphatic hydroxyl groups is 1. The van der Waals surface area contributed by atoms with Gasteiger partial charge in [-0.1, -0.05) is 30.3 Å². The van der Waals surface area contributed by atoms with Crippen LogP contribution in [0.15, 0.2) is 54.9 Å². The van der Waals surface area contributed by atoms with Crippen molar-refractivity contribution in [3.8, 4) is 0 Å². The second-order valence-corrected chi connectivity index (χ2v) is 7.36. The number of aromatic nitrogens is 2. The highest BCUT2D eigenvalue weighted by Crippen LogP contribution is 2.27. The van der Waals surface area contributed by atoms with E-state index in [0.29, 0.717) is 18.5 Å². The largest absolute Gasteiger partial charge is 0.445 e. The summed E-state index contributed by atoms with van der Waals surface area (Å²) >= 11 is 0. The lowest BCUT2D eigenvalue weighted by molar-refractivity contribution is 0.0875. The minimum Gasteiger partial charge on any atom is -0.445 e. The molecule has 7 nitrogen and oxygen atoms in total. The van der Waals surface area contributed by atoms with Gasteiger partial charge < -0.3 is 14.7 Å². The molecule has 1 aliphatic rings. The van der Waals surface area contributed by atoms with E-state index in [-0.39, 0.29) is 25.1 Å². The van der Waals surface area contributed by atoms with Gasteiger partial charge >= 0.3 is 6.09 Å². The van der Waals surface area contributed by atoms with Crippen LogP contribution in [0.5, 0.6) is 0 Å². The zero-order valence-electron chi connectivity index (χ0n) is 16.2. The van der Waals surface area contributed by atoms with E-state index in [9.17, 15) is 14.7 Å². The topological polar surface area (TPSA) is 84.7 Å². The van der Waals surface area contributed by atoms with Gasteiger partial charge in [0.2, 0.25) is 5.91 Å². The highest BCUT2D eigenvalue weighted by Gasteiger charge is 2.36. The number of β-amino-alcohol motifs (C(OH)–C–C–N with tert-alkyl or cyclic N) is 1. The number of fused-ring (bicyclic) bond motifs is 1. The number of hydrogen-bond acceptors (Lipinski definition) is 5. The van der Waals surface area contributed by atoms with Crippen molar-refractivity contribution in [2.45, 2.75) is 38.5 Å². The molecule has 1 amide bonds. The van der Waals surface area contributed by atoms with Crippen LogP contribution in [0.2, 0.25) is 0 Å². The van der Waals surface area contributed by atoms with E-state index in [1.54, 1.807) is 17.3 Å². The molecule has 1 aliphatic heterocycles. The van der Waals surface area contributed by atoms with E-state index < -0.39 is 12.2 Å². The number of pyridine rings is 1. The van der Waals surface area contributed by atoms with Crippen LogP contribution in [0.25, 0.3) is 11.0 Å². The summed E-state index contributed by atoms with van der Waals surface area (Å²) in [6.45, 7) is 1.92. The van der Waals surface area contributed by atoms with Crippen molar-refractivity contribution in [2.75, 3.05) is 6.54 Å². The first kappa shape index (κ1) is 19.1.